The van der Waals surface area contributed by atoms with Crippen molar-refractivity contribution in [1.29, 1.82) is 0 Å². The second kappa shape index (κ2) is 6.57. The van der Waals surface area contributed by atoms with Gasteiger partial charge in [-0.25, -0.2) is 0 Å². The van der Waals surface area contributed by atoms with Crippen LogP contribution in [-0.2, 0) is 13.0 Å². The van der Waals surface area contributed by atoms with E-state index in [9.17, 15) is 0 Å². The molecule has 0 aromatic heterocycles. The van der Waals surface area contributed by atoms with Gasteiger partial charge in [-0.2, -0.15) is 0 Å². The smallest absolute Gasteiger partial charge is 0.119 e. The van der Waals surface area contributed by atoms with E-state index in [-0.39, 0.29) is 6.61 Å². The Morgan fingerprint density at radius 1 is 1.00 bits per heavy atom. The maximum Gasteiger partial charge on any atom is 0.119 e. The van der Waals surface area contributed by atoms with Crippen molar-refractivity contribution >= 4 is 15.9 Å². The zero-order chi connectivity index (χ0) is 12.8. The molecule has 0 aliphatic heterocycles. The molecule has 0 amide bonds. The number of hydrogen-bond donors (Lipinski definition) is 1. The van der Waals surface area contributed by atoms with Crippen LogP contribution in [0.5, 0.6) is 5.75 Å². The largest absolute Gasteiger partial charge is 0.489 e. The van der Waals surface area contributed by atoms with Crippen molar-refractivity contribution in [3.63, 3.8) is 0 Å². The maximum absolute atomic E-state index is 8.84. The standard InChI is InChI=1S/C15H15BrO2/c16-15-4-2-1-3-13(15)11-18-14-7-5-12(6-8-14)9-10-17/h1-8,17H,9-11H2. The molecule has 0 aliphatic rings. The number of rotatable bonds is 5. The Kier molecular flexibility index (Phi) is 4.79. The zero-order valence-electron chi connectivity index (χ0n) is 9.97. The summed E-state index contributed by atoms with van der Waals surface area (Å²) in [5.41, 5.74) is 2.24. The lowest BCUT2D eigenvalue weighted by Gasteiger charge is -2.08. The van der Waals surface area contributed by atoms with Crippen LogP contribution in [0, 0.1) is 0 Å². The van der Waals surface area contributed by atoms with E-state index >= 15 is 0 Å². The summed E-state index contributed by atoms with van der Waals surface area (Å²) < 4.78 is 6.77. The SMILES string of the molecule is OCCc1ccc(OCc2ccccc2Br)cc1. The molecule has 2 aromatic carbocycles. The number of ether oxygens (including phenoxy) is 1. The lowest BCUT2D eigenvalue weighted by molar-refractivity contribution is 0.298. The van der Waals surface area contributed by atoms with Gasteiger partial charge in [0.05, 0.1) is 0 Å². The Balaban J connectivity index is 1.96. The van der Waals surface area contributed by atoms with Crippen LogP contribution in [0.3, 0.4) is 0 Å². The van der Waals surface area contributed by atoms with Crippen LogP contribution in [0.15, 0.2) is 53.0 Å². The summed E-state index contributed by atoms with van der Waals surface area (Å²) in [6, 6.07) is 15.8. The van der Waals surface area contributed by atoms with Crippen molar-refractivity contribution in [2.24, 2.45) is 0 Å². The first kappa shape index (κ1) is 13.1. The van der Waals surface area contributed by atoms with Crippen LogP contribution in [0.1, 0.15) is 11.1 Å². The molecule has 94 valence electrons. The summed E-state index contributed by atoms with van der Waals surface area (Å²) in [5, 5.41) is 8.84. The molecule has 1 N–H and O–H groups in total. The van der Waals surface area contributed by atoms with Crippen molar-refractivity contribution < 1.29 is 9.84 Å². The van der Waals surface area contributed by atoms with Crippen molar-refractivity contribution in [1.82, 2.24) is 0 Å². The second-order valence-corrected chi connectivity index (χ2v) is 4.85. The first-order chi connectivity index (χ1) is 8.79. The van der Waals surface area contributed by atoms with E-state index in [4.69, 9.17) is 9.84 Å². The van der Waals surface area contributed by atoms with Gasteiger partial charge >= 0.3 is 0 Å². The van der Waals surface area contributed by atoms with Gasteiger partial charge in [-0.1, -0.05) is 46.3 Å². The van der Waals surface area contributed by atoms with E-state index in [1.54, 1.807) is 0 Å². The lowest BCUT2D eigenvalue weighted by Crippen LogP contribution is -1.97. The fourth-order valence-electron chi connectivity index (χ4n) is 1.66. The van der Waals surface area contributed by atoms with Crippen LogP contribution in [0.25, 0.3) is 0 Å². The number of halogens is 1. The highest BCUT2D eigenvalue weighted by atomic mass is 79.9. The Morgan fingerprint density at radius 3 is 2.39 bits per heavy atom. The molecule has 0 atom stereocenters. The van der Waals surface area contributed by atoms with E-state index in [1.165, 1.54) is 0 Å². The fourth-order valence-corrected chi connectivity index (χ4v) is 2.06. The molecule has 18 heavy (non-hydrogen) atoms. The normalized spacial score (nSPS) is 10.3. The predicted molar refractivity (Wildman–Crippen MR) is 75.7 cm³/mol. The molecular weight excluding hydrogens is 292 g/mol. The summed E-state index contributed by atoms with van der Waals surface area (Å²) in [5.74, 6) is 0.840. The topological polar surface area (TPSA) is 29.5 Å². The maximum atomic E-state index is 8.84. The average molecular weight is 307 g/mol. The van der Waals surface area contributed by atoms with Crippen LogP contribution < -0.4 is 4.74 Å². The highest BCUT2D eigenvalue weighted by Gasteiger charge is 2.00. The second-order valence-electron chi connectivity index (χ2n) is 4.00. The molecule has 0 saturated carbocycles. The number of aliphatic hydroxyl groups excluding tert-OH is 1. The molecular formula is C15H15BrO2. The summed E-state index contributed by atoms with van der Waals surface area (Å²) in [6.45, 7) is 0.720. The minimum Gasteiger partial charge on any atom is -0.489 e. The van der Waals surface area contributed by atoms with Crippen molar-refractivity contribution in [3.05, 3.63) is 64.1 Å². The van der Waals surface area contributed by atoms with Gasteiger partial charge in [0.15, 0.2) is 0 Å². The third kappa shape index (κ3) is 3.59. The van der Waals surface area contributed by atoms with Gasteiger partial charge in [0.2, 0.25) is 0 Å². The third-order valence-electron chi connectivity index (χ3n) is 2.68. The first-order valence-electron chi connectivity index (χ1n) is 5.85. The average Bonchev–Trinajstić information content (AvgIpc) is 2.40. The molecule has 3 heteroatoms. The molecule has 2 nitrogen and oxygen atoms in total. The van der Waals surface area contributed by atoms with Gasteiger partial charge in [-0.3, -0.25) is 0 Å². The van der Waals surface area contributed by atoms with Gasteiger partial charge in [0.25, 0.3) is 0 Å². The number of benzene rings is 2. The van der Waals surface area contributed by atoms with Gasteiger partial charge in [0.1, 0.15) is 12.4 Å². The molecule has 0 spiro atoms. The summed E-state index contributed by atoms with van der Waals surface area (Å²) >= 11 is 3.49. The Hall–Kier alpha value is -1.32. The summed E-state index contributed by atoms with van der Waals surface area (Å²) in [7, 11) is 0. The Morgan fingerprint density at radius 2 is 1.72 bits per heavy atom. The molecule has 0 bridgehead atoms. The van der Waals surface area contributed by atoms with Crippen molar-refractivity contribution in [2.75, 3.05) is 6.61 Å². The summed E-state index contributed by atoms with van der Waals surface area (Å²) in [6.07, 6.45) is 0.685. The van der Waals surface area contributed by atoms with Gasteiger partial charge in [0, 0.05) is 16.6 Å². The quantitative estimate of drug-likeness (QED) is 0.915. The van der Waals surface area contributed by atoms with E-state index < -0.39 is 0 Å². The van der Waals surface area contributed by atoms with E-state index in [0.717, 1.165) is 21.3 Å². The number of hydrogen-bond acceptors (Lipinski definition) is 2. The van der Waals surface area contributed by atoms with E-state index in [0.29, 0.717) is 13.0 Å². The Bertz CT molecular complexity index is 494. The Labute approximate surface area is 115 Å². The van der Waals surface area contributed by atoms with Crippen LogP contribution >= 0.6 is 15.9 Å². The summed E-state index contributed by atoms with van der Waals surface area (Å²) in [4.78, 5) is 0. The molecule has 0 fully saturated rings. The molecule has 0 unspecified atom stereocenters. The minimum atomic E-state index is 0.178. The highest BCUT2D eigenvalue weighted by Crippen LogP contribution is 2.19. The van der Waals surface area contributed by atoms with Gasteiger partial charge in [-0.05, 0) is 30.2 Å². The predicted octanol–water partition coefficient (Wildman–Crippen LogP) is 3.56. The van der Waals surface area contributed by atoms with E-state index in [2.05, 4.69) is 15.9 Å². The lowest BCUT2D eigenvalue weighted by atomic mass is 10.1. The molecule has 0 heterocycles. The molecule has 0 saturated heterocycles. The van der Waals surface area contributed by atoms with Crippen LogP contribution in [0.4, 0.5) is 0 Å². The minimum absolute atomic E-state index is 0.178. The van der Waals surface area contributed by atoms with Crippen molar-refractivity contribution in [3.8, 4) is 5.75 Å². The molecule has 0 aliphatic carbocycles. The van der Waals surface area contributed by atoms with Crippen LogP contribution in [-0.4, -0.2) is 11.7 Å². The zero-order valence-corrected chi connectivity index (χ0v) is 11.6. The van der Waals surface area contributed by atoms with E-state index in [1.807, 2.05) is 48.5 Å². The first-order valence-corrected chi connectivity index (χ1v) is 6.65. The van der Waals surface area contributed by atoms with Gasteiger partial charge in [-0.15, -0.1) is 0 Å². The number of aliphatic hydroxyl groups is 1. The van der Waals surface area contributed by atoms with Crippen LogP contribution in [0.2, 0.25) is 0 Å². The highest BCUT2D eigenvalue weighted by molar-refractivity contribution is 9.10. The molecule has 2 rings (SSSR count). The fraction of sp³-hybridized carbons (Fsp3) is 0.200. The molecule has 2 aromatic rings. The monoisotopic (exact) mass is 306 g/mol. The van der Waals surface area contributed by atoms with Crippen molar-refractivity contribution in [2.45, 2.75) is 13.0 Å². The molecule has 0 radical (unpaired) electrons. The van der Waals surface area contributed by atoms with Gasteiger partial charge < -0.3 is 9.84 Å². The third-order valence-corrected chi connectivity index (χ3v) is 3.45.